The van der Waals surface area contributed by atoms with Crippen molar-refractivity contribution in [3.8, 4) is 5.75 Å². The van der Waals surface area contributed by atoms with Gasteiger partial charge < -0.3 is 9.84 Å². The molecule has 0 aliphatic carbocycles. The highest BCUT2D eigenvalue weighted by Crippen LogP contribution is 2.22. The van der Waals surface area contributed by atoms with E-state index in [4.69, 9.17) is 21.4 Å². The van der Waals surface area contributed by atoms with E-state index in [2.05, 4.69) is 4.98 Å². The number of aryl methyl sites for hydroxylation is 1. The minimum atomic E-state index is -1.01. The van der Waals surface area contributed by atoms with Gasteiger partial charge in [0, 0.05) is 18.0 Å². The molecule has 1 aromatic carbocycles. The molecule has 1 heterocycles. The first-order chi connectivity index (χ1) is 9.08. The molecule has 0 unspecified atom stereocenters. The summed E-state index contributed by atoms with van der Waals surface area (Å²) in [5.41, 5.74) is 1.77. The van der Waals surface area contributed by atoms with E-state index in [1.165, 1.54) is 6.20 Å². The summed E-state index contributed by atoms with van der Waals surface area (Å²) in [4.78, 5) is 15.0. The van der Waals surface area contributed by atoms with Crippen molar-refractivity contribution in [2.24, 2.45) is 0 Å². The van der Waals surface area contributed by atoms with Crippen LogP contribution in [-0.4, -0.2) is 16.1 Å². The van der Waals surface area contributed by atoms with Gasteiger partial charge in [-0.2, -0.15) is 0 Å². The summed E-state index contributed by atoms with van der Waals surface area (Å²) in [7, 11) is 0. The van der Waals surface area contributed by atoms with Crippen molar-refractivity contribution in [2.75, 3.05) is 0 Å². The molecule has 2 rings (SSSR count). The van der Waals surface area contributed by atoms with Crippen molar-refractivity contribution in [1.29, 1.82) is 0 Å². The maximum Gasteiger partial charge on any atom is 0.339 e. The predicted octanol–water partition coefficient (Wildman–Crippen LogP) is 3.32. The molecular weight excluding hydrogens is 266 g/mol. The molecular formula is C14H12ClNO3. The van der Waals surface area contributed by atoms with Gasteiger partial charge >= 0.3 is 5.97 Å². The van der Waals surface area contributed by atoms with Crippen molar-refractivity contribution in [1.82, 2.24) is 4.98 Å². The number of aromatic nitrogens is 1. The second kappa shape index (κ2) is 5.71. The molecule has 0 aliphatic heterocycles. The molecule has 0 bridgehead atoms. The van der Waals surface area contributed by atoms with Gasteiger partial charge in [-0.15, -0.1) is 0 Å². The smallest absolute Gasteiger partial charge is 0.339 e. The lowest BCUT2D eigenvalue weighted by atomic mass is 10.1. The van der Waals surface area contributed by atoms with Crippen LogP contribution in [0.2, 0.25) is 5.02 Å². The van der Waals surface area contributed by atoms with E-state index in [0.29, 0.717) is 10.8 Å². The van der Waals surface area contributed by atoms with Crippen LogP contribution in [0.15, 0.2) is 36.7 Å². The fraction of sp³-hybridized carbons (Fsp3) is 0.143. The Morgan fingerprint density at radius 3 is 2.89 bits per heavy atom. The molecule has 5 heteroatoms. The Balaban J connectivity index is 2.20. The van der Waals surface area contributed by atoms with Crippen molar-refractivity contribution in [3.63, 3.8) is 0 Å². The van der Waals surface area contributed by atoms with Crippen LogP contribution in [0.4, 0.5) is 0 Å². The molecule has 1 aromatic heterocycles. The third-order valence-electron chi connectivity index (χ3n) is 2.61. The Morgan fingerprint density at radius 1 is 1.42 bits per heavy atom. The number of rotatable bonds is 4. The number of pyridine rings is 1. The van der Waals surface area contributed by atoms with Crippen molar-refractivity contribution in [2.45, 2.75) is 13.5 Å². The van der Waals surface area contributed by atoms with E-state index in [1.807, 2.05) is 6.92 Å². The van der Waals surface area contributed by atoms with E-state index in [-0.39, 0.29) is 12.2 Å². The highest BCUT2D eigenvalue weighted by Gasteiger charge is 2.12. The number of carbonyl (C=O) groups is 1. The van der Waals surface area contributed by atoms with Crippen LogP contribution in [0.5, 0.6) is 5.75 Å². The highest BCUT2D eigenvalue weighted by molar-refractivity contribution is 6.31. The van der Waals surface area contributed by atoms with Gasteiger partial charge in [0.05, 0.1) is 5.02 Å². The van der Waals surface area contributed by atoms with E-state index in [9.17, 15) is 4.79 Å². The average molecular weight is 278 g/mol. The Morgan fingerprint density at radius 2 is 2.21 bits per heavy atom. The first-order valence-electron chi connectivity index (χ1n) is 5.63. The molecule has 0 radical (unpaired) electrons. The van der Waals surface area contributed by atoms with E-state index in [0.717, 1.165) is 11.1 Å². The molecule has 0 saturated heterocycles. The molecule has 1 N–H and O–H groups in total. The fourth-order valence-corrected chi connectivity index (χ4v) is 1.79. The van der Waals surface area contributed by atoms with Crippen LogP contribution in [0.1, 0.15) is 21.5 Å². The molecule has 2 aromatic rings. The number of carboxylic acid groups (broad SMARTS) is 1. The zero-order valence-electron chi connectivity index (χ0n) is 10.3. The third-order valence-corrected chi connectivity index (χ3v) is 2.95. The van der Waals surface area contributed by atoms with Gasteiger partial charge in [0.25, 0.3) is 0 Å². The third kappa shape index (κ3) is 3.23. The first kappa shape index (κ1) is 13.4. The molecule has 98 valence electrons. The van der Waals surface area contributed by atoms with Gasteiger partial charge in [-0.25, -0.2) is 4.79 Å². The fourth-order valence-electron chi connectivity index (χ4n) is 1.61. The lowest BCUT2D eigenvalue weighted by Crippen LogP contribution is -2.04. The van der Waals surface area contributed by atoms with Gasteiger partial charge in [0.1, 0.15) is 17.9 Å². The quantitative estimate of drug-likeness (QED) is 0.931. The number of halogens is 1. The summed E-state index contributed by atoms with van der Waals surface area (Å²) in [6.45, 7) is 2.03. The first-order valence-corrected chi connectivity index (χ1v) is 6.01. The van der Waals surface area contributed by atoms with Gasteiger partial charge in [-0.05, 0) is 25.1 Å². The highest BCUT2D eigenvalue weighted by atomic mass is 35.5. The minimum absolute atomic E-state index is 0.144. The molecule has 0 atom stereocenters. The number of nitrogens with zero attached hydrogens (tertiary/aromatic N) is 1. The molecule has 0 fully saturated rings. The summed E-state index contributed by atoms with van der Waals surface area (Å²) in [6, 6.07) is 6.76. The number of aromatic carboxylic acids is 1. The molecule has 4 nitrogen and oxygen atoms in total. The van der Waals surface area contributed by atoms with Crippen LogP contribution in [0, 0.1) is 6.92 Å². The van der Waals surface area contributed by atoms with E-state index >= 15 is 0 Å². The second-order valence-corrected chi connectivity index (χ2v) is 4.47. The van der Waals surface area contributed by atoms with Gasteiger partial charge in [-0.3, -0.25) is 4.98 Å². The zero-order chi connectivity index (χ0) is 13.8. The number of ether oxygens (including phenoxy) is 1. The Labute approximate surface area is 115 Å². The monoisotopic (exact) mass is 277 g/mol. The molecule has 0 saturated carbocycles. The normalized spacial score (nSPS) is 10.2. The van der Waals surface area contributed by atoms with Gasteiger partial charge in [0.15, 0.2) is 0 Å². The summed E-state index contributed by atoms with van der Waals surface area (Å²) in [5.74, 6) is -0.689. The summed E-state index contributed by atoms with van der Waals surface area (Å²) in [5, 5.41) is 9.62. The van der Waals surface area contributed by atoms with Crippen LogP contribution < -0.4 is 4.74 Å². The number of hydrogen-bond donors (Lipinski definition) is 1. The zero-order valence-corrected chi connectivity index (χ0v) is 11.0. The van der Waals surface area contributed by atoms with E-state index < -0.39 is 5.97 Å². The van der Waals surface area contributed by atoms with Crippen LogP contribution >= 0.6 is 11.6 Å². The average Bonchev–Trinajstić information content (AvgIpc) is 2.38. The lowest BCUT2D eigenvalue weighted by Gasteiger charge is -2.10. The van der Waals surface area contributed by atoms with E-state index in [1.54, 1.807) is 30.5 Å². The predicted molar refractivity (Wildman–Crippen MR) is 71.7 cm³/mol. The Hall–Kier alpha value is -2.07. The number of hydrogen-bond acceptors (Lipinski definition) is 3. The SMILES string of the molecule is Cc1ccc(OCc2ccncc2Cl)c(C(=O)O)c1. The largest absolute Gasteiger partial charge is 0.488 e. The Bertz CT molecular complexity index is 613. The van der Waals surface area contributed by atoms with Crippen molar-refractivity contribution in [3.05, 3.63) is 58.4 Å². The van der Waals surface area contributed by atoms with Gasteiger partial charge in [0.2, 0.25) is 0 Å². The molecule has 0 amide bonds. The number of benzene rings is 1. The van der Waals surface area contributed by atoms with Crippen molar-refractivity contribution < 1.29 is 14.6 Å². The van der Waals surface area contributed by atoms with Crippen LogP contribution in [0.25, 0.3) is 0 Å². The second-order valence-electron chi connectivity index (χ2n) is 4.06. The standard InChI is InChI=1S/C14H12ClNO3/c1-9-2-3-13(11(6-9)14(17)18)19-8-10-4-5-16-7-12(10)15/h2-7H,8H2,1H3,(H,17,18). The van der Waals surface area contributed by atoms with Gasteiger partial charge in [-0.1, -0.05) is 23.2 Å². The lowest BCUT2D eigenvalue weighted by molar-refractivity contribution is 0.0691. The Kier molecular flexibility index (Phi) is 4.02. The minimum Gasteiger partial charge on any atom is -0.488 e. The summed E-state index contributed by atoms with van der Waals surface area (Å²) in [6.07, 6.45) is 3.13. The maximum absolute atomic E-state index is 11.1. The van der Waals surface area contributed by atoms with Crippen LogP contribution in [-0.2, 0) is 6.61 Å². The summed E-state index contributed by atoms with van der Waals surface area (Å²) >= 11 is 5.96. The molecule has 0 spiro atoms. The molecule has 0 aliphatic rings. The topological polar surface area (TPSA) is 59.4 Å². The number of carboxylic acids is 1. The maximum atomic E-state index is 11.1. The molecule has 19 heavy (non-hydrogen) atoms. The summed E-state index contributed by atoms with van der Waals surface area (Å²) < 4.78 is 5.53. The van der Waals surface area contributed by atoms with Crippen molar-refractivity contribution >= 4 is 17.6 Å². The van der Waals surface area contributed by atoms with Crippen LogP contribution in [0.3, 0.4) is 0 Å².